The highest BCUT2D eigenvalue weighted by Gasteiger charge is 2.40. The van der Waals surface area contributed by atoms with Crippen LogP contribution in [0.4, 0.5) is 11.4 Å². The Bertz CT molecular complexity index is 1230. The molecule has 1 aliphatic heterocycles. The lowest BCUT2D eigenvalue weighted by molar-refractivity contribution is -0.120. The second-order valence-corrected chi connectivity index (χ2v) is 7.88. The summed E-state index contributed by atoms with van der Waals surface area (Å²) in [6, 6.07) is 20.6. The highest BCUT2D eigenvalue weighted by atomic mass is 16.5. The van der Waals surface area contributed by atoms with Crippen LogP contribution in [0.15, 0.2) is 72.4 Å². The van der Waals surface area contributed by atoms with Crippen molar-refractivity contribution in [3.05, 3.63) is 94.7 Å². The molecule has 0 saturated carbocycles. The highest BCUT2D eigenvalue weighted by molar-refractivity contribution is 6.46. The van der Waals surface area contributed by atoms with Gasteiger partial charge in [0.05, 0.1) is 23.6 Å². The van der Waals surface area contributed by atoms with Crippen molar-refractivity contribution in [3.8, 4) is 5.75 Å². The Morgan fingerprint density at radius 2 is 1.56 bits per heavy atom. The van der Waals surface area contributed by atoms with Gasteiger partial charge < -0.3 is 10.1 Å². The van der Waals surface area contributed by atoms with E-state index in [-0.39, 0.29) is 17.5 Å². The average Bonchev–Trinajstić information content (AvgIpc) is 3.02. The summed E-state index contributed by atoms with van der Waals surface area (Å²) >= 11 is 0. The van der Waals surface area contributed by atoms with Crippen LogP contribution >= 0.6 is 0 Å². The zero-order valence-electron chi connectivity index (χ0n) is 18.7. The SMILES string of the molecule is CCOc1ccccc1NC1=C(c2ccc(C)cc2)C(=O)N(c2ccc(C)c(C)c2)C1=O. The van der Waals surface area contributed by atoms with Gasteiger partial charge in [-0.3, -0.25) is 9.59 Å². The molecule has 0 aromatic heterocycles. The van der Waals surface area contributed by atoms with Gasteiger partial charge in [-0.25, -0.2) is 4.90 Å². The summed E-state index contributed by atoms with van der Waals surface area (Å²) in [5.41, 5.74) is 5.67. The van der Waals surface area contributed by atoms with Crippen molar-refractivity contribution in [1.29, 1.82) is 0 Å². The lowest BCUT2D eigenvalue weighted by Crippen LogP contribution is -2.32. The van der Waals surface area contributed by atoms with E-state index < -0.39 is 0 Å². The molecule has 0 saturated heterocycles. The van der Waals surface area contributed by atoms with Gasteiger partial charge in [-0.05, 0) is 68.7 Å². The maximum absolute atomic E-state index is 13.6. The van der Waals surface area contributed by atoms with Crippen molar-refractivity contribution in [3.63, 3.8) is 0 Å². The Hall–Kier alpha value is -3.86. The smallest absolute Gasteiger partial charge is 0.282 e. The van der Waals surface area contributed by atoms with Crippen LogP contribution in [0.3, 0.4) is 0 Å². The molecule has 5 nitrogen and oxygen atoms in total. The molecular weight excluding hydrogens is 400 g/mol. The van der Waals surface area contributed by atoms with E-state index >= 15 is 0 Å². The maximum Gasteiger partial charge on any atom is 0.282 e. The van der Waals surface area contributed by atoms with Crippen LogP contribution in [0.2, 0.25) is 0 Å². The molecule has 5 heteroatoms. The molecule has 1 aliphatic rings. The standard InChI is InChI=1S/C27H26N2O3/c1-5-32-23-9-7-6-8-22(23)28-25-24(20-13-10-17(2)11-14-20)26(30)29(27(25)31)21-15-12-18(3)19(4)16-21/h6-16,28H,5H2,1-4H3. The zero-order chi connectivity index (χ0) is 22.8. The Morgan fingerprint density at radius 1 is 0.844 bits per heavy atom. The van der Waals surface area contributed by atoms with E-state index in [1.165, 1.54) is 4.90 Å². The first-order valence-electron chi connectivity index (χ1n) is 10.7. The minimum absolute atomic E-state index is 0.240. The zero-order valence-corrected chi connectivity index (χ0v) is 18.7. The minimum Gasteiger partial charge on any atom is -0.492 e. The first-order valence-corrected chi connectivity index (χ1v) is 10.7. The van der Waals surface area contributed by atoms with E-state index in [9.17, 15) is 9.59 Å². The van der Waals surface area contributed by atoms with Crippen molar-refractivity contribution in [1.82, 2.24) is 0 Å². The van der Waals surface area contributed by atoms with Crippen molar-refractivity contribution in [2.24, 2.45) is 0 Å². The summed E-state index contributed by atoms with van der Waals surface area (Å²) in [5, 5.41) is 3.21. The number of ether oxygens (including phenoxy) is 1. The Kier molecular flexibility index (Phi) is 5.82. The molecule has 162 valence electrons. The third-order valence-corrected chi connectivity index (χ3v) is 5.62. The summed E-state index contributed by atoms with van der Waals surface area (Å²) < 4.78 is 5.71. The van der Waals surface area contributed by atoms with Crippen molar-refractivity contribution in [2.75, 3.05) is 16.8 Å². The number of nitrogens with zero attached hydrogens (tertiary/aromatic N) is 1. The number of rotatable bonds is 6. The van der Waals surface area contributed by atoms with Gasteiger partial charge in [-0.15, -0.1) is 0 Å². The first kappa shape index (κ1) is 21.4. The average molecular weight is 427 g/mol. The third kappa shape index (κ3) is 3.89. The number of anilines is 2. The van der Waals surface area contributed by atoms with E-state index in [1.54, 1.807) is 0 Å². The normalized spacial score (nSPS) is 13.7. The second kappa shape index (κ2) is 8.71. The van der Waals surface area contributed by atoms with Crippen LogP contribution in [0, 0.1) is 20.8 Å². The molecule has 0 bridgehead atoms. The lowest BCUT2D eigenvalue weighted by Gasteiger charge is -2.17. The fourth-order valence-electron chi connectivity index (χ4n) is 3.72. The Morgan fingerprint density at radius 3 is 2.25 bits per heavy atom. The summed E-state index contributed by atoms with van der Waals surface area (Å²) in [5.74, 6) is -0.116. The molecule has 0 radical (unpaired) electrons. The van der Waals surface area contributed by atoms with Crippen LogP contribution in [-0.4, -0.2) is 18.4 Å². The Labute approximate surface area is 188 Å². The van der Waals surface area contributed by atoms with Gasteiger partial charge in [0.1, 0.15) is 11.4 Å². The predicted octanol–water partition coefficient (Wildman–Crippen LogP) is 5.41. The van der Waals surface area contributed by atoms with E-state index in [0.29, 0.717) is 34.9 Å². The minimum atomic E-state index is -0.389. The first-order chi connectivity index (χ1) is 15.4. The predicted molar refractivity (Wildman–Crippen MR) is 128 cm³/mol. The molecule has 3 aromatic carbocycles. The van der Waals surface area contributed by atoms with Gasteiger partial charge >= 0.3 is 0 Å². The monoisotopic (exact) mass is 426 g/mol. The van der Waals surface area contributed by atoms with Gasteiger partial charge in [-0.2, -0.15) is 0 Å². The van der Waals surface area contributed by atoms with E-state index in [0.717, 1.165) is 16.7 Å². The fourth-order valence-corrected chi connectivity index (χ4v) is 3.72. The summed E-state index contributed by atoms with van der Waals surface area (Å²) in [4.78, 5) is 28.4. The molecule has 2 amide bonds. The number of hydrogen-bond donors (Lipinski definition) is 1. The number of carbonyl (C=O) groups is 2. The van der Waals surface area contributed by atoms with Crippen LogP contribution in [0.5, 0.6) is 5.75 Å². The molecule has 0 fully saturated rings. The topological polar surface area (TPSA) is 58.6 Å². The number of para-hydroxylation sites is 2. The number of carbonyl (C=O) groups excluding carboxylic acids is 2. The van der Waals surface area contributed by atoms with Gasteiger partial charge in [0.15, 0.2) is 0 Å². The molecule has 0 aliphatic carbocycles. The van der Waals surface area contributed by atoms with Crippen LogP contribution in [0.25, 0.3) is 5.57 Å². The van der Waals surface area contributed by atoms with Gasteiger partial charge in [0, 0.05) is 0 Å². The molecule has 4 rings (SSSR count). The number of imide groups is 1. The number of amides is 2. The number of benzene rings is 3. The lowest BCUT2D eigenvalue weighted by atomic mass is 10.0. The molecule has 1 N–H and O–H groups in total. The molecule has 32 heavy (non-hydrogen) atoms. The van der Waals surface area contributed by atoms with Crippen molar-refractivity contribution < 1.29 is 14.3 Å². The fraction of sp³-hybridized carbons (Fsp3) is 0.185. The van der Waals surface area contributed by atoms with Crippen molar-refractivity contribution >= 4 is 28.8 Å². The van der Waals surface area contributed by atoms with Gasteiger partial charge in [-0.1, -0.05) is 48.0 Å². The van der Waals surface area contributed by atoms with Crippen molar-refractivity contribution in [2.45, 2.75) is 27.7 Å². The van der Waals surface area contributed by atoms with E-state index in [4.69, 9.17) is 4.74 Å². The number of nitrogens with one attached hydrogen (secondary N) is 1. The number of aryl methyl sites for hydroxylation is 3. The van der Waals surface area contributed by atoms with Crippen LogP contribution < -0.4 is 15.0 Å². The summed E-state index contributed by atoms with van der Waals surface area (Å²) in [6.45, 7) is 8.35. The Balaban J connectivity index is 1.83. The molecule has 0 unspecified atom stereocenters. The largest absolute Gasteiger partial charge is 0.492 e. The molecule has 3 aromatic rings. The highest BCUT2D eigenvalue weighted by Crippen LogP contribution is 2.36. The van der Waals surface area contributed by atoms with Gasteiger partial charge in [0.2, 0.25) is 0 Å². The molecule has 0 atom stereocenters. The number of hydrogen-bond acceptors (Lipinski definition) is 4. The third-order valence-electron chi connectivity index (χ3n) is 5.62. The molecular formula is C27H26N2O3. The second-order valence-electron chi connectivity index (χ2n) is 7.88. The van der Waals surface area contributed by atoms with Crippen LogP contribution in [0.1, 0.15) is 29.2 Å². The molecule has 0 spiro atoms. The summed E-state index contributed by atoms with van der Waals surface area (Å²) in [7, 11) is 0. The summed E-state index contributed by atoms with van der Waals surface area (Å²) in [6.07, 6.45) is 0. The maximum atomic E-state index is 13.6. The van der Waals surface area contributed by atoms with Gasteiger partial charge in [0.25, 0.3) is 11.8 Å². The van der Waals surface area contributed by atoms with Crippen LogP contribution in [-0.2, 0) is 9.59 Å². The quantitative estimate of drug-likeness (QED) is 0.536. The van der Waals surface area contributed by atoms with E-state index in [2.05, 4.69) is 5.32 Å². The van der Waals surface area contributed by atoms with E-state index in [1.807, 2.05) is 94.4 Å². The molecule has 1 heterocycles.